The number of hydrogen-bond donors (Lipinski definition) is 0. The van der Waals surface area contributed by atoms with Gasteiger partial charge in [0.15, 0.2) is 0 Å². The number of aromatic nitrogens is 2. The van der Waals surface area contributed by atoms with Gasteiger partial charge in [0, 0.05) is 37.7 Å². The molecule has 6 N–H and O–H groups in total. The van der Waals surface area contributed by atoms with Gasteiger partial charge in [-0.3, -0.25) is 9.97 Å². The van der Waals surface area contributed by atoms with Crippen LogP contribution in [0.15, 0.2) is 61.2 Å². The van der Waals surface area contributed by atoms with Gasteiger partial charge in [0.1, 0.15) is 0 Å². The summed E-state index contributed by atoms with van der Waals surface area (Å²) >= 11 is 0. The van der Waals surface area contributed by atoms with Crippen LogP contribution >= 0.6 is 0 Å². The van der Waals surface area contributed by atoms with Crippen molar-refractivity contribution in [3.63, 3.8) is 0 Å². The van der Waals surface area contributed by atoms with Gasteiger partial charge in [0.2, 0.25) is 0 Å². The van der Waals surface area contributed by atoms with Crippen LogP contribution in [-0.2, 0) is 37.3 Å². The topological polar surface area (TPSA) is 172 Å². The minimum Gasteiger partial charge on any atom is -0.554 e. The molecule has 0 amide bonds. The fraction of sp³-hybridized carbons (Fsp3) is 0. The maximum absolute atomic E-state index is 8.25. The largest absolute Gasteiger partial charge is 2.00 e. The summed E-state index contributed by atoms with van der Waals surface area (Å²) in [5, 5.41) is 16.5. The molecule has 0 aromatic carbocycles. The van der Waals surface area contributed by atoms with Crippen molar-refractivity contribution in [2.24, 2.45) is 0 Å². The van der Waals surface area contributed by atoms with E-state index in [1.165, 1.54) is 0 Å². The number of carboxylic acid groups (broad SMARTS) is 2. The fourth-order valence-electron chi connectivity index (χ4n) is 0.625. The molecule has 0 fully saturated rings. The van der Waals surface area contributed by atoms with Crippen molar-refractivity contribution in [1.29, 1.82) is 0 Å². The Bertz CT molecular complexity index is 276. The van der Waals surface area contributed by atoms with Crippen molar-refractivity contribution in [2.75, 3.05) is 0 Å². The molecular weight excluding hydrogens is 327 g/mol. The summed E-state index contributed by atoms with van der Waals surface area (Å²) in [7, 11) is 0. The predicted molar refractivity (Wildman–Crippen MR) is 70.3 cm³/mol. The molecule has 9 heteroatoms. The number of hydrogen-bond acceptors (Lipinski definition) is 6. The average Bonchev–Trinajstić information content (AvgIpc) is 2.45. The summed E-state index contributed by atoms with van der Waals surface area (Å²) in [6, 6.07) is 11.4. The molecule has 0 spiro atoms. The summed E-state index contributed by atoms with van der Waals surface area (Å²) in [6.45, 7) is -1.00. The third kappa shape index (κ3) is 46.4. The van der Waals surface area contributed by atoms with Crippen LogP contribution in [0.25, 0.3) is 0 Å². The first-order valence-electron chi connectivity index (χ1n) is 4.64. The monoisotopic (exact) mass is 345 g/mol. The van der Waals surface area contributed by atoms with Crippen molar-refractivity contribution in [2.45, 2.75) is 0 Å². The van der Waals surface area contributed by atoms with E-state index in [-0.39, 0.29) is 27.7 Å². The molecule has 0 aliphatic heterocycles. The van der Waals surface area contributed by atoms with Crippen LogP contribution in [0.2, 0.25) is 0 Å². The van der Waals surface area contributed by atoms with Gasteiger partial charge in [0.25, 0.3) is 0 Å². The third-order valence-corrected chi connectivity index (χ3v) is 1.13. The van der Waals surface area contributed by atoms with Gasteiger partial charge < -0.3 is 30.8 Å². The van der Waals surface area contributed by atoms with Crippen molar-refractivity contribution >= 4 is 12.9 Å². The zero-order chi connectivity index (χ0) is 13.9. The molecule has 0 aliphatic rings. The van der Waals surface area contributed by atoms with Crippen LogP contribution in [-0.4, -0.2) is 22.9 Å². The second-order valence-electron chi connectivity index (χ2n) is 2.24. The molecular formula is C12H18CoN2O6+2. The van der Waals surface area contributed by atoms with E-state index in [4.69, 9.17) is 19.8 Å². The molecule has 2 heterocycles. The van der Waals surface area contributed by atoms with E-state index in [0.717, 1.165) is 0 Å². The number of carbonyl (C=O) groups excluding carboxylic acids is 2. The van der Waals surface area contributed by atoms with E-state index < -0.39 is 12.9 Å². The minimum absolute atomic E-state index is 0. The van der Waals surface area contributed by atoms with E-state index >= 15 is 0 Å². The van der Waals surface area contributed by atoms with Gasteiger partial charge in [-0.1, -0.05) is 12.1 Å². The number of carbonyl (C=O) groups is 2. The molecule has 2 aromatic rings. The van der Waals surface area contributed by atoms with Crippen LogP contribution in [0.4, 0.5) is 0 Å². The Balaban J connectivity index is -0.0000000545. The second-order valence-corrected chi connectivity index (χ2v) is 2.24. The quantitative estimate of drug-likeness (QED) is 0.364. The molecule has 0 aliphatic carbocycles. The second kappa shape index (κ2) is 36.1. The summed E-state index contributed by atoms with van der Waals surface area (Å²) in [4.78, 5) is 24.1. The van der Waals surface area contributed by atoms with Crippen LogP contribution < -0.4 is 10.2 Å². The SMILES string of the molecule is O=C[O-].O=C[O-].[Co+2].[OH3+].[OH3+].c1ccncc1.c1ccncc1. The molecule has 0 bridgehead atoms. The average molecular weight is 345 g/mol. The standard InChI is InChI=1S/2C5H5N.2CH2O2.Co.2H2O/c2*1-2-4-6-5-3-1;2*2-1-3;;;/h2*1-5H;2*1H,(H,2,3);;2*1H2/q;;;;+2;;. The van der Waals surface area contributed by atoms with Crippen LogP contribution in [0.1, 0.15) is 0 Å². The molecule has 21 heavy (non-hydrogen) atoms. The van der Waals surface area contributed by atoms with Crippen molar-refractivity contribution in [1.82, 2.24) is 9.97 Å². The Labute approximate surface area is 132 Å². The Morgan fingerprint density at radius 3 is 0.857 bits per heavy atom. The molecule has 0 saturated carbocycles. The van der Waals surface area contributed by atoms with E-state index in [0.29, 0.717) is 0 Å². The maximum Gasteiger partial charge on any atom is 2.00 e. The first kappa shape index (κ1) is 31.2. The number of rotatable bonds is 0. The van der Waals surface area contributed by atoms with Crippen LogP contribution in [0, 0.1) is 0 Å². The number of nitrogens with zero attached hydrogens (tertiary/aromatic N) is 2. The maximum atomic E-state index is 8.25. The molecule has 119 valence electrons. The first-order chi connectivity index (χ1) is 8.83. The first-order valence-corrected chi connectivity index (χ1v) is 4.64. The molecule has 0 saturated heterocycles. The van der Waals surface area contributed by atoms with Gasteiger partial charge in [-0.2, -0.15) is 0 Å². The van der Waals surface area contributed by atoms with Gasteiger partial charge in [-0.15, -0.1) is 0 Å². The van der Waals surface area contributed by atoms with E-state index in [1.54, 1.807) is 24.8 Å². The Kier molecular flexibility index (Phi) is 53.6. The van der Waals surface area contributed by atoms with Gasteiger partial charge >= 0.3 is 16.8 Å². The molecule has 8 nitrogen and oxygen atoms in total. The fourth-order valence-corrected chi connectivity index (χ4v) is 0.625. The normalized spacial score (nSPS) is 5.71. The zero-order valence-electron chi connectivity index (χ0n) is 10.9. The van der Waals surface area contributed by atoms with Crippen molar-refractivity contribution in [3.05, 3.63) is 61.2 Å². The minimum atomic E-state index is -0.500. The van der Waals surface area contributed by atoms with Gasteiger partial charge in [-0.25, -0.2) is 0 Å². The number of pyridine rings is 2. The van der Waals surface area contributed by atoms with Crippen molar-refractivity contribution in [3.8, 4) is 0 Å². The van der Waals surface area contributed by atoms with E-state index in [9.17, 15) is 0 Å². The summed E-state index contributed by atoms with van der Waals surface area (Å²) in [6.07, 6.45) is 7.00. The van der Waals surface area contributed by atoms with Gasteiger partial charge in [0.05, 0.1) is 0 Å². The summed E-state index contributed by atoms with van der Waals surface area (Å²) < 4.78 is 0. The summed E-state index contributed by atoms with van der Waals surface area (Å²) in [5.74, 6) is 0. The summed E-state index contributed by atoms with van der Waals surface area (Å²) in [5.41, 5.74) is 0. The Morgan fingerprint density at radius 2 is 0.810 bits per heavy atom. The molecule has 2 aromatic heterocycles. The smallest absolute Gasteiger partial charge is 0.554 e. The zero-order valence-corrected chi connectivity index (χ0v) is 12.0. The Morgan fingerprint density at radius 1 is 0.619 bits per heavy atom. The molecule has 1 radical (unpaired) electrons. The van der Waals surface area contributed by atoms with E-state index in [1.807, 2.05) is 36.4 Å². The van der Waals surface area contributed by atoms with Gasteiger partial charge in [-0.05, 0) is 24.3 Å². The molecule has 0 atom stereocenters. The predicted octanol–water partition coefficient (Wildman–Crippen LogP) is -2.95. The molecule has 2 rings (SSSR count). The van der Waals surface area contributed by atoms with Crippen molar-refractivity contribution < 1.29 is 47.5 Å². The third-order valence-electron chi connectivity index (χ3n) is 1.13. The van der Waals surface area contributed by atoms with Crippen LogP contribution in [0.3, 0.4) is 0 Å². The Hall–Kier alpha value is -2.33. The molecule has 0 unspecified atom stereocenters. The van der Waals surface area contributed by atoms with E-state index in [2.05, 4.69) is 9.97 Å². The van der Waals surface area contributed by atoms with Crippen LogP contribution in [0.5, 0.6) is 0 Å².